The molecule has 5 nitrogen and oxygen atoms in total. The first-order valence-electron chi connectivity index (χ1n) is 5.42. The number of halogens is 1. The highest BCUT2D eigenvalue weighted by molar-refractivity contribution is 7.84. The van der Waals surface area contributed by atoms with Crippen LogP contribution in [0.5, 0.6) is 0 Å². The van der Waals surface area contributed by atoms with Crippen LogP contribution in [-0.2, 0) is 10.8 Å². The van der Waals surface area contributed by atoms with Crippen LogP contribution in [-0.4, -0.2) is 27.2 Å². The summed E-state index contributed by atoms with van der Waals surface area (Å²) in [7, 11) is -0.846. The molecule has 0 radical (unpaired) electrons. The highest BCUT2D eigenvalue weighted by atomic mass is 35.5. The summed E-state index contributed by atoms with van der Waals surface area (Å²) in [5.41, 5.74) is 0.616. The number of anilines is 1. The summed E-state index contributed by atoms with van der Waals surface area (Å²) in [4.78, 5) is 10.0. The number of hydrogen-bond acceptors (Lipinski definition) is 4. The van der Waals surface area contributed by atoms with Crippen LogP contribution in [0.3, 0.4) is 0 Å². The van der Waals surface area contributed by atoms with Crippen molar-refractivity contribution in [3.8, 4) is 0 Å². The molecular weight excluding hydrogens is 276 g/mol. The van der Waals surface area contributed by atoms with E-state index in [0.717, 1.165) is 6.42 Å². The maximum Gasteiger partial charge on any atom is 0.271 e. The minimum atomic E-state index is -0.846. The molecule has 100 valence electrons. The Bertz CT molecular complexity index is 468. The van der Waals surface area contributed by atoms with Gasteiger partial charge < -0.3 is 5.32 Å². The van der Waals surface area contributed by atoms with E-state index in [1.165, 1.54) is 12.1 Å². The molecule has 2 atom stereocenters. The second-order valence-corrected chi connectivity index (χ2v) is 6.16. The lowest BCUT2D eigenvalue weighted by molar-refractivity contribution is -0.384. The Morgan fingerprint density at radius 2 is 2.22 bits per heavy atom. The Labute approximate surface area is 113 Å². The van der Waals surface area contributed by atoms with Gasteiger partial charge in [-0.3, -0.25) is 14.3 Å². The van der Waals surface area contributed by atoms with Crippen LogP contribution < -0.4 is 5.32 Å². The van der Waals surface area contributed by atoms with Gasteiger partial charge in [0.15, 0.2) is 0 Å². The van der Waals surface area contributed by atoms with Gasteiger partial charge in [-0.1, -0.05) is 18.5 Å². The number of nitro groups is 1. The maximum atomic E-state index is 11.2. The predicted molar refractivity (Wildman–Crippen MR) is 74.7 cm³/mol. The van der Waals surface area contributed by atoms with Crippen molar-refractivity contribution >= 4 is 33.8 Å². The van der Waals surface area contributed by atoms with Gasteiger partial charge in [-0.15, -0.1) is 0 Å². The number of nitrogens with one attached hydrogen (secondary N) is 1. The van der Waals surface area contributed by atoms with Gasteiger partial charge >= 0.3 is 0 Å². The van der Waals surface area contributed by atoms with Crippen LogP contribution in [0.2, 0.25) is 5.02 Å². The van der Waals surface area contributed by atoms with Gasteiger partial charge in [-0.05, 0) is 12.5 Å². The number of nitrogens with zero attached hydrogens (tertiary/aromatic N) is 1. The molecule has 0 saturated carbocycles. The second kappa shape index (κ2) is 6.70. The summed E-state index contributed by atoms with van der Waals surface area (Å²) in [6, 6.07) is 4.29. The SMILES string of the molecule is CC(CCNc1ccc([N+](=O)[O-])cc1Cl)S(C)=O. The Hall–Kier alpha value is -1.14. The van der Waals surface area contributed by atoms with E-state index in [4.69, 9.17) is 11.6 Å². The lowest BCUT2D eigenvalue weighted by Crippen LogP contribution is -2.14. The molecule has 2 unspecified atom stereocenters. The average molecular weight is 291 g/mol. The molecule has 1 aromatic carbocycles. The highest BCUT2D eigenvalue weighted by Crippen LogP contribution is 2.26. The second-order valence-electron chi connectivity index (χ2n) is 3.95. The van der Waals surface area contributed by atoms with E-state index in [1.54, 1.807) is 12.3 Å². The molecule has 1 aromatic rings. The molecular formula is C11H15ClN2O3S. The number of non-ortho nitro benzene ring substituents is 1. The summed E-state index contributed by atoms with van der Waals surface area (Å²) in [6.07, 6.45) is 2.42. The highest BCUT2D eigenvalue weighted by Gasteiger charge is 2.10. The van der Waals surface area contributed by atoms with Crippen molar-refractivity contribution in [3.63, 3.8) is 0 Å². The van der Waals surface area contributed by atoms with Crippen LogP contribution in [0.15, 0.2) is 18.2 Å². The number of benzene rings is 1. The zero-order valence-corrected chi connectivity index (χ0v) is 11.8. The monoisotopic (exact) mass is 290 g/mol. The molecule has 0 fully saturated rings. The molecule has 0 aliphatic rings. The Balaban J connectivity index is 2.58. The van der Waals surface area contributed by atoms with Crippen molar-refractivity contribution in [2.45, 2.75) is 18.6 Å². The molecule has 1 rings (SSSR count). The zero-order valence-electron chi connectivity index (χ0n) is 10.2. The third-order valence-electron chi connectivity index (χ3n) is 2.60. The van der Waals surface area contributed by atoms with Crippen LogP contribution in [0.1, 0.15) is 13.3 Å². The van der Waals surface area contributed by atoms with Gasteiger partial charge in [-0.25, -0.2) is 0 Å². The normalized spacial score (nSPS) is 13.9. The average Bonchev–Trinajstić information content (AvgIpc) is 2.30. The van der Waals surface area contributed by atoms with Gasteiger partial charge in [-0.2, -0.15) is 0 Å². The van der Waals surface area contributed by atoms with E-state index < -0.39 is 15.7 Å². The van der Waals surface area contributed by atoms with Gasteiger partial charge in [0.05, 0.1) is 15.6 Å². The number of nitro benzene ring substituents is 1. The lowest BCUT2D eigenvalue weighted by atomic mass is 10.2. The zero-order chi connectivity index (χ0) is 13.7. The van der Waals surface area contributed by atoms with Crippen LogP contribution >= 0.6 is 11.6 Å². The van der Waals surface area contributed by atoms with Crippen LogP contribution in [0.4, 0.5) is 11.4 Å². The summed E-state index contributed by atoms with van der Waals surface area (Å²) in [5, 5.41) is 14.0. The van der Waals surface area contributed by atoms with Gasteiger partial charge in [0.25, 0.3) is 5.69 Å². The van der Waals surface area contributed by atoms with Gasteiger partial charge in [0, 0.05) is 41.0 Å². The largest absolute Gasteiger partial charge is 0.384 e. The molecule has 0 aromatic heterocycles. The van der Waals surface area contributed by atoms with Crippen molar-refractivity contribution in [2.24, 2.45) is 0 Å². The summed E-state index contributed by atoms with van der Waals surface area (Å²) >= 11 is 5.92. The number of rotatable bonds is 6. The molecule has 7 heteroatoms. The Morgan fingerprint density at radius 3 is 2.72 bits per heavy atom. The van der Waals surface area contributed by atoms with E-state index >= 15 is 0 Å². The van der Waals surface area contributed by atoms with Crippen molar-refractivity contribution in [1.29, 1.82) is 0 Å². The fraction of sp³-hybridized carbons (Fsp3) is 0.455. The van der Waals surface area contributed by atoms with Gasteiger partial charge in [0.1, 0.15) is 0 Å². The third-order valence-corrected chi connectivity index (χ3v) is 4.28. The molecule has 18 heavy (non-hydrogen) atoms. The van der Waals surface area contributed by atoms with E-state index in [-0.39, 0.29) is 10.9 Å². The smallest absolute Gasteiger partial charge is 0.271 e. The van der Waals surface area contributed by atoms with E-state index in [0.29, 0.717) is 17.3 Å². The van der Waals surface area contributed by atoms with E-state index in [2.05, 4.69) is 5.32 Å². The van der Waals surface area contributed by atoms with Gasteiger partial charge in [0.2, 0.25) is 0 Å². The molecule has 0 heterocycles. The van der Waals surface area contributed by atoms with Crippen molar-refractivity contribution < 1.29 is 9.13 Å². The minimum absolute atomic E-state index is 0.0337. The molecule has 0 amide bonds. The topological polar surface area (TPSA) is 72.2 Å². The molecule has 0 aliphatic heterocycles. The van der Waals surface area contributed by atoms with Crippen LogP contribution in [0, 0.1) is 10.1 Å². The fourth-order valence-corrected chi connectivity index (χ4v) is 2.03. The quantitative estimate of drug-likeness (QED) is 0.646. The summed E-state index contributed by atoms with van der Waals surface area (Å²) < 4.78 is 11.2. The van der Waals surface area contributed by atoms with Crippen molar-refractivity contribution in [1.82, 2.24) is 0 Å². The summed E-state index contributed by atoms with van der Waals surface area (Å²) in [6.45, 7) is 2.54. The number of hydrogen-bond donors (Lipinski definition) is 1. The molecule has 0 spiro atoms. The first kappa shape index (κ1) is 14.9. The third kappa shape index (κ3) is 4.27. The molecule has 0 aliphatic carbocycles. The molecule has 0 bridgehead atoms. The molecule has 0 saturated heterocycles. The van der Waals surface area contributed by atoms with E-state index in [9.17, 15) is 14.3 Å². The Morgan fingerprint density at radius 1 is 1.56 bits per heavy atom. The first-order valence-corrected chi connectivity index (χ1v) is 7.41. The van der Waals surface area contributed by atoms with Crippen molar-refractivity contribution in [2.75, 3.05) is 18.1 Å². The Kier molecular flexibility index (Phi) is 5.55. The van der Waals surface area contributed by atoms with Crippen molar-refractivity contribution in [3.05, 3.63) is 33.3 Å². The summed E-state index contributed by atoms with van der Waals surface area (Å²) in [5.74, 6) is 0. The minimum Gasteiger partial charge on any atom is -0.384 e. The lowest BCUT2D eigenvalue weighted by Gasteiger charge is -2.11. The fourth-order valence-electron chi connectivity index (χ4n) is 1.34. The predicted octanol–water partition coefficient (Wildman–Crippen LogP) is 2.82. The van der Waals surface area contributed by atoms with E-state index in [1.807, 2.05) is 6.92 Å². The standard InChI is InChI=1S/C11H15ClN2O3S/c1-8(18(2)17)5-6-13-11-4-3-9(14(15)16)7-10(11)12/h3-4,7-8,13H,5-6H2,1-2H3. The molecule has 1 N–H and O–H groups in total. The maximum absolute atomic E-state index is 11.2. The van der Waals surface area contributed by atoms with Crippen LogP contribution in [0.25, 0.3) is 0 Å². The first-order chi connectivity index (χ1) is 8.41.